The van der Waals surface area contributed by atoms with E-state index >= 15 is 0 Å². The lowest BCUT2D eigenvalue weighted by atomic mass is 9.78. The van der Waals surface area contributed by atoms with Crippen LogP contribution in [0.2, 0.25) is 0 Å². The first-order valence-electron chi connectivity index (χ1n) is 19.5. The van der Waals surface area contributed by atoms with E-state index in [-0.39, 0.29) is 28.7 Å². The SMILES string of the molecule is O=C1C(=O)/C(=C2/CCCC3C2=Nc2c3cc3c4c(cccc24)-c2ccccc2-3)C(O)=C1C1=C2Cc3c(cc4c5c(cccc35)-c3ccccc3-4)C2CCC1. The van der Waals surface area contributed by atoms with Gasteiger partial charge in [-0.25, -0.2) is 0 Å². The Morgan fingerprint density at radius 1 is 0.556 bits per heavy atom. The Morgan fingerprint density at radius 3 is 1.81 bits per heavy atom. The number of aliphatic hydroxyl groups is 1. The lowest BCUT2D eigenvalue weighted by Gasteiger charge is -2.25. The number of allylic oxidation sites excluding steroid dienone is 5. The average molecular weight is 696 g/mol. The molecule has 0 aromatic heterocycles. The van der Waals surface area contributed by atoms with Crippen LogP contribution in [0.4, 0.5) is 5.69 Å². The van der Waals surface area contributed by atoms with Crippen molar-refractivity contribution in [3.05, 3.63) is 147 Å². The van der Waals surface area contributed by atoms with E-state index < -0.39 is 11.6 Å². The molecule has 54 heavy (non-hydrogen) atoms. The molecule has 7 aliphatic rings. The number of aliphatic imine (C=N–C) groups is 1. The van der Waals surface area contributed by atoms with Gasteiger partial charge in [0.05, 0.1) is 22.5 Å². The fraction of sp³-hybridized carbons (Fsp3) is 0.180. The summed E-state index contributed by atoms with van der Waals surface area (Å²) in [4.78, 5) is 33.7. The molecule has 13 rings (SSSR count). The van der Waals surface area contributed by atoms with E-state index in [1.165, 1.54) is 82.9 Å². The highest BCUT2D eigenvalue weighted by Gasteiger charge is 2.46. The van der Waals surface area contributed by atoms with E-state index in [1.807, 2.05) is 0 Å². The van der Waals surface area contributed by atoms with Gasteiger partial charge in [0, 0.05) is 17.2 Å². The summed E-state index contributed by atoms with van der Waals surface area (Å²) in [5.41, 5.74) is 19.1. The number of benzene rings is 6. The topological polar surface area (TPSA) is 66.7 Å². The Hall–Kier alpha value is -6.13. The summed E-state index contributed by atoms with van der Waals surface area (Å²) in [6.45, 7) is 0. The van der Waals surface area contributed by atoms with Gasteiger partial charge < -0.3 is 5.11 Å². The number of hydrogen-bond acceptors (Lipinski definition) is 4. The van der Waals surface area contributed by atoms with Crippen LogP contribution in [0.25, 0.3) is 66.1 Å². The summed E-state index contributed by atoms with van der Waals surface area (Å²) < 4.78 is 0. The molecule has 4 nitrogen and oxygen atoms in total. The Kier molecular flexibility index (Phi) is 5.48. The third kappa shape index (κ3) is 3.44. The third-order valence-corrected chi connectivity index (χ3v) is 13.9. The van der Waals surface area contributed by atoms with E-state index in [9.17, 15) is 14.7 Å². The normalized spacial score (nSPS) is 22.6. The molecule has 1 N–H and O–H groups in total. The predicted octanol–water partition coefficient (Wildman–Crippen LogP) is 11.7. The molecule has 1 saturated carbocycles. The number of carbonyl (C=O) groups excluding carboxylic acids is 2. The fourth-order valence-corrected chi connectivity index (χ4v) is 11.7. The van der Waals surface area contributed by atoms with Crippen LogP contribution in [0.3, 0.4) is 0 Å². The summed E-state index contributed by atoms with van der Waals surface area (Å²) in [7, 11) is 0. The van der Waals surface area contributed by atoms with Crippen molar-refractivity contribution in [3.63, 3.8) is 0 Å². The second-order valence-electron chi connectivity index (χ2n) is 16.2. The number of rotatable bonds is 1. The predicted molar refractivity (Wildman–Crippen MR) is 214 cm³/mol. The van der Waals surface area contributed by atoms with Crippen molar-refractivity contribution in [1.29, 1.82) is 0 Å². The molecule has 6 aromatic carbocycles. The molecule has 6 aromatic rings. The summed E-state index contributed by atoms with van der Waals surface area (Å²) in [5.74, 6) is -1.06. The molecule has 1 heterocycles. The summed E-state index contributed by atoms with van der Waals surface area (Å²) in [5, 5.41) is 17.2. The molecule has 0 bridgehead atoms. The van der Waals surface area contributed by atoms with E-state index in [1.54, 1.807) is 0 Å². The minimum atomic E-state index is -0.575. The van der Waals surface area contributed by atoms with Gasteiger partial charge in [-0.1, -0.05) is 90.5 Å². The maximum absolute atomic E-state index is 14.2. The number of ketones is 2. The molecule has 1 fully saturated rings. The van der Waals surface area contributed by atoms with Crippen LogP contribution in [-0.2, 0) is 16.0 Å². The van der Waals surface area contributed by atoms with E-state index in [4.69, 9.17) is 4.99 Å². The quantitative estimate of drug-likeness (QED) is 0.137. The van der Waals surface area contributed by atoms with Gasteiger partial charge in [0.25, 0.3) is 0 Å². The van der Waals surface area contributed by atoms with Crippen LogP contribution >= 0.6 is 0 Å². The van der Waals surface area contributed by atoms with Gasteiger partial charge in [-0.15, -0.1) is 0 Å². The summed E-state index contributed by atoms with van der Waals surface area (Å²) in [6.07, 6.45) is 5.73. The smallest absolute Gasteiger partial charge is 0.237 e. The van der Waals surface area contributed by atoms with Crippen LogP contribution < -0.4 is 0 Å². The molecule has 0 saturated heterocycles. The zero-order valence-corrected chi connectivity index (χ0v) is 29.6. The molecular weight excluding hydrogens is 663 g/mol. The lowest BCUT2D eigenvalue weighted by molar-refractivity contribution is -0.131. The van der Waals surface area contributed by atoms with Crippen LogP contribution in [0.5, 0.6) is 0 Å². The van der Waals surface area contributed by atoms with Crippen molar-refractivity contribution in [2.24, 2.45) is 4.99 Å². The molecular formula is C50H33NO3. The maximum Gasteiger partial charge on any atom is 0.237 e. The van der Waals surface area contributed by atoms with Crippen molar-refractivity contribution in [3.8, 4) is 44.5 Å². The molecule has 0 spiro atoms. The van der Waals surface area contributed by atoms with E-state index in [0.717, 1.165) is 60.0 Å². The van der Waals surface area contributed by atoms with Crippen LogP contribution in [0.1, 0.15) is 67.1 Å². The Balaban J connectivity index is 0.960. The highest BCUT2D eigenvalue weighted by Crippen LogP contribution is 2.58. The van der Waals surface area contributed by atoms with Gasteiger partial charge >= 0.3 is 0 Å². The number of aliphatic hydroxyl groups excluding tert-OH is 1. The number of carbonyl (C=O) groups is 2. The minimum Gasteiger partial charge on any atom is -0.506 e. The van der Waals surface area contributed by atoms with Crippen LogP contribution in [-0.4, -0.2) is 22.4 Å². The molecule has 6 aliphatic carbocycles. The Labute approximate surface area is 311 Å². The lowest BCUT2D eigenvalue weighted by Crippen LogP contribution is -2.22. The van der Waals surface area contributed by atoms with Crippen molar-refractivity contribution < 1.29 is 14.7 Å². The molecule has 0 amide bonds. The highest BCUT2D eigenvalue weighted by molar-refractivity contribution is 6.55. The minimum absolute atomic E-state index is 0.0227. The van der Waals surface area contributed by atoms with Gasteiger partial charge in [0.2, 0.25) is 11.6 Å². The first-order chi connectivity index (χ1) is 26.6. The van der Waals surface area contributed by atoms with E-state index in [0.29, 0.717) is 12.8 Å². The zero-order valence-electron chi connectivity index (χ0n) is 29.6. The fourth-order valence-electron chi connectivity index (χ4n) is 11.7. The van der Waals surface area contributed by atoms with Crippen LogP contribution in [0.15, 0.2) is 136 Å². The molecule has 2 unspecified atom stereocenters. The molecule has 4 heteroatoms. The van der Waals surface area contributed by atoms with E-state index in [2.05, 4.69) is 97.1 Å². The zero-order chi connectivity index (χ0) is 35.6. The summed E-state index contributed by atoms with van der Waals surface area (Å²) in [6, 6.07) is 35.2. The number of Topliss-reactive ketones (excluding diaryl/α,β-unsaturated/α-hetero) is 2. The average Bonchev–Trinajstić information content (AvgIpc) is 4.00. The maximum atomic E-state index is 14.2. The number of fused-ring (bicyclic) bond motifs is 14. The standard InChI is InChI=1S/C50H33NO3/c52-48-44(32-17-5-13-28-36(32)21-38-31-16-6-14-29-24-9-1-3-11-26(24)39(42(29)31)22-37(28)38)49(53)50(54)45(48)35-20-8-18-33-41-23-40-27-12-4-2-10-25(27)30-15-7-19-34(43(30)40)47(41)51-46(33)35/h1-4,6-7,9-12,14-16,19,22-23,28,33,52H,5,8,13,17-18,20-21H2/b45-35-. The first-order valence-corrected chi connectivity index (χ1v) is 19.5. The Bertz CT molecular complexity index is 3020. The van der Waals surface area contributed by atoms with Gasteiger partial charge in [-0.2, -0.15) is 0 Å². The molecule has 1 aliphatic heterocycles. The molecule has 0 radical (unpaired) electrons. The van der Waals surface area contributed by atoms with Crippen molar-refractivity contribution in [1.82, 2.24) is 0 Å². The van der Waals surface area contributed by atoms with Crippen molar-refractivity contribution in [2.75, 3.05) is 0 Å². The highest BCUT2D eigenvalue weighted by atomic mass is 16.3. The number of nitrogens with zero attached hydrogens (tertiary/aromatic N) is 1. The largest absolute Gasteiger partial charge is 0.506 e. The Morgan fingerprint density at radius 2 is 1.11 bits per heavy atom. The number of hydrogen-bond donors (Lipinski definition) is 1. The van der Waals surface area contributed by atoms with Crippen molar-refractivity contribution >= 4 is 44.5 Å². The van der Waals surface area contributed by atoms with Crippen LogP contribution in [0, 0.1) is 0 Å². The summed E-state index contributed by atoms with van der Waals surface area (Å²) >= 11 is 0. The first kappa shape index (κ1) is 29.3. The third-order valence-electron chi connectivity index (χ3n) is 13.9. The monoisotopic (exact) mass is 695 g/mol. The van der Waals surface area contributed by atoms with Gasteiger partial charge in [-0.05, 0) is 146 Å². The second-order valence-corrected chi connectivity index (χ2v) is 16.2. The van der Waals surface area contributed by atoms with Crippen molar-refractivity contribution in [2.45, 2.75) is 56.8 Å². The van der Waals surface area contributed by atoms with Gasteiger partial charge in [0.15, 0.2) is 0 Å². The molecule has 2 atom stereocenters. The van der Waals surface area contributed by atoms with Gasteiger partial charge in [-0.3, -0.25) is 14.6 Å². The second kappa shape index (κ2) is 10.1. The van der Waals surface area contributed by atoms with Gasteiger partial charge in [0.1, 0.15) is 5.76 Å². The molecule has 256 valence electrons.